The quantitative estimate of drug-likeness (QED) is 0.0311. The lowest BCUT2D eigenvalue weighted by atomic mass is 9.73. The highest BCUT2D eigenvalue weighted by Gasteiger charge is 2.53. The van der Waals surface area contributed by atoms with E-state index in [1.165, 1.54) is 0 Å². The Bertz CT molecular complexity index is 2720. The molecule has 6 N–H and O–H groups in total. The van der Waals surface area contributed by atoms with E-state index < -0.39 is 167 Å². The molecule has 125 heavy (non-hydrogen) atoms. The topological polar surface area (TPSA) is 232 Å². The molecule has 0 radical (unpaired) electrons. The van der Waals surface area contributed by atoms with Gasteiger partial charge in [0.1, 0.15) is 0 Å². The molecule has 0 spiro atoms. The average Bonchev–Trinajstić information content (AvgIpc) is 0.818. The molecule has 0 aromatic carbocycles. The number of hydrogen-bond donors (Lipinski definition) is 6. The molecule has 0 heterocycles. The van der Waals surface area contributed by atoms with Gasteiger partial charge in [0.2, 0.25) is 0 Å². The molecule has 0 amide bonds. The second-order valence-corrected chi connectivity index (χ2v) is 132. The maximum Gasteiger partial charge on any atom is 0.317 e. The summed E-state index contributed by atoms with van der Waals surface area (Å²) in [6.45, 7) is 123. The minimum atomic E-state index is -2.43. The third kappa shape index (κ3) is 62.1. The molecule has 756 valence electrons. The van der Waals surface area contributed by atoms with Crippen molar-refractivity contribution in [2.24, 2.45) is 49.7 Å². The van der Waals surface area contributed by atoms with Crippen LogP contribution in [-0.2, 0) is 49.4 Å². The number of hydrogen-bond acceptors (Lipinski definition) is 18. The van der Waals surface area contributed by atoms with Crippen LogP contribution in [0.25, 0.3) is 0 Å². The normalized spacial score (nSPS) is 16.2. The van der Waals surface area contributed by atoms with E-state index in [-0.39, 0.29) is 61.3 Å². The van der Waals surface area contributed by atoms with E-state index in [0.29, 0.717) is 22.9 Å². The minimum Gasteiger partial charge on any atom is -0.437 e. The lowest BCUT2D eigenvalue weighted by Gasteiger charge is -2.45. The van der Waals surface area contributed by atoms with Crippen molar-refractivity contribution in [1.29, 1.82) is 0 Å². The smallest absolute Gasteiger partial charge is 0.317 e. The number of aliphatic hydroxyl groups is 6. The first-order chi connectivity index (χ1) is 54.6. The summed E-state index contributed by atoms with van der Waals surface area (Å²) in [6.07, 6.45) is 12.5. The van der Waals surface area contributed by atoms with Gasteiger partial charge in [-0.15, -0.1) is 0 Å². The fourth-order valence-electron chi connectivity index (χ4n) is 19.4. The van der Waals surface area contributed by atoms with Crippen LogP contribution in [0.2, 0.25) is 310 Å². The van der Waals surface area contributed by atoms with Gasteiger partial charge in [-0.25, -0.2) is 0 Å². The van der Waals surface area contributed by atoms with Crippen molar-refractivity contribution >= 4 is 151 Å². The Kier molecular flexibility index (Phi) is 53.0. The van der Waals surface area contributed by atoms with Gasteiger partial charge in [-0.1, -0.05) is 95.9 Å². The van der Waals surface area contributed by atoms with Gasteiger partial charge in [-0.05, 0) is 410 Å². The third-order valence-electron chi connectivity index (χ3n) is 22.8. The maximum atomic E-state index is 10.6. The molecule has 4 atom stereocenters. The van der Waals surface area contributed by atoms with Gasteiger partial charge in [-0.3, -0.25) is 0 Å². The van der Waals surface area contributed by atoms with Crippen LogP contribution >= 0.6 is 0 Å². The van der Waals surface area contributed by atoms with Crippen molar-refractivity contribution < 1.29 is 80.0 Å². The summed E-state index contributed by atoms with van der Waals surface area (Å²) >= 11 is 0. The lowest BCUT2D eigenvalue weighted by molar-refractivity contribution is 0.0215. The highest BCUT2D eigenvalue weighted by molar-refractivity contribution is 6.92. The summed E-state index contributed by atoms with van der Waals surface area (Å²) in [5, 5.41) is 63.5. The van der Waals surface area contributed by atoms with Gasteiger partial charge >= 0.3 is 51.4 Å². The molecule has 36 heteroatoms. The third-order valence-corrected chi connectivity index (χ3v) is 83.4. The van der Waals surface area contributed by atoms with Crippen molar-refractivity contribution in [3.63, 3.8) is 0 Å². The maximum absolute atomic E-state index is 10.6. The Morgan fingerprint density at radius 2 is 0.336 bits per heavy atom. The fraction of sp³-hybridized carbons (Fsp3) is 1.00. The minimum absolute atomic E-state index is 0.00269. The van der Waals surface area contributed by atoms with Gasteiger partial charge in [0.05, 0.1) is 39.6 Å². The second kappa shape index (κ2) is 50.0. The van der Waals surface area contributed by atoms with E-state index in [9.17, 15) is 30.6 Å². The van der Waals surface area contributed by atoms with Gasteiger partial charge in [0.25, 0.3) is 0 Å². The second-order valence-electron chi connectivity index (χ2n) is 55.3. The van der Waals surface area contributed by atoms with Crippen LogP contribution in [0.3, 0.4) is 0 Å². The van der Waals surface area contributed by atoms with E-state index in [4.69, 9.17) is 49.4 Å². The lowest BCUT2D eigenvalue weighted by Crippen LogP contribution is -2.56. The van der Waals surface area contributed by atoms with E-state index in [1.54, 1.807) is 0 Å². The predicted octanol–water partition coefficient (Wildman–Crippen LogP) is 28.1. The predicted molar refractivity (Wildman–Crippen MR) is 589 cm³/mol. The molecular weight excluding hydrogens is 1860 g/mol. The first-order valence-corrected chi connectivity index (χ1v) is 104. The van der Waals surface area contributed by atoms with Crippen molar-refractivity contribution in [2.75, 3.05) is 39.6 Å². The van der Waals surface area contributed by atoms with Crippen LogP contribution in [-0.4, -0.2) is 221 Å². The summed E-state index contributed by atoms with van der Waals surface area (Å²) in [7, 11) is -35.7. The standard InChI is InChI=1S/C31H76O6Si6.2C29H72O6Si6/c1-29(2,27-42(17,34-38(5,6)7)35-39(8,9)10)21-19-23-31(25-32,26-33)24-20-22-30(3,4)28-43(18,36-40(11,12)13)37-41(14,15)16;1-27(2,25-40(17,32-36(5,6)7)33-37(8,9)10)19-21-29(23-30,24-31)22-20-28(3,4)26-41(18,34-38(11,12)13)35-39(14,15)16;1-25(27(3)40(17,32-36(5,6)7)33-37(8,9)10)19-21-29(23-30,24-31)22-20-26(2)28(4)41(18,34-38(11,12)13)35-39(14,15)16/h32-33H,19-28H2,1-18H3;30-31H,19-26H2,1-18H3;25-28,30-31H,19-24H2,1-18H3. The van der Waals surface area contributed by atoms with Crippen molar-refractivity contribution in [2.45, 2.75) is 483 Å². The Hall–Kier alpha value is 3.18. The molecule has 4 unspecified atom stereocenters. The zero-order valence-electron chi connectivity index (χ0n) is 93.4. The Morgan fingerprint density at radius 3 is 0.488 bits per heavy atom. The van der Waals surface area contributed by atoms with Gasteiger partial charge in [-0.2, -0.15) is 0 Å². The van der Waals surface area contributed by atoms with Crippen LogP contribution in [0.15, 0.2) is 0 Å². The van der Waals surface area contributed by atoms with E-state index in [1.807, 2.05) is 0 Å². The van der Waals surface area contributed by atoms with Crippen LogP contribution in [0.5, 0.6) is 0 Å². The molecule has 0 rings (SSSR count). The molecule has 0 fully saturated rings. The van der Waals surface area contributed by atoms with E-state index >= 15 is 0 Å². The molecule has 0 saturated carbocycles. The Morgan fingerprint density at radius 1 is 0.192 bits per heavy atom. The summed E-state index contributed by atoms with van der Waals surface area (Å²) in [6, 6.07) is 3.77. The van der Waals surface area contributed by atoms with Gasteiger partial charge in [0.15, 0.2) is 99.8 Å². The van der Waals surface area contributed by atoms with Crippen LogP contribution in [0.1, 0.15) is 173 Å². The van der Waals surface area contributed by atoms with Gasteiger partial charge < -0.3 is 80.0 Å². The first kappa shape index (κ1) is 132. The molecule has 0 aliphatic heterocycles. The average molecular weight is 2080 g/mol. The Labute approximate surface area is 797 Å². The molecule has 0 aliphatic carbocycles. The summed E-state index contributed by atoms with van der Waals surface area (Å²) in [5.41, 5.74) is -0.708. The zero-order chi connectivity index (χ0) is 100. The highest BCUT2D eigenvalue weighted by atomic mass is 28.5. The number of rotatable bonds is 62. The molecular formula is C89H220O18Si18. The molecule has 0 aromatic rings. The first-order valence-electron chi connectivity index (χ1n) is 48.7. The summed E-state index contributed by atoms with van der Waals surface area (Å²) < 4.78 is 81.8. The molecule has 0 bridgehead atoms. The largest absolute Gasteiger partial charge is 0.437 e. The summed E-state index contributed by atoms with van der Waals surface area (Å²) in [5.74, 6) is 0.748. The monoisotopic (exact) mass is 2080 g/mol. The van der Waals surface area contributed by atoms with Crippen molar-refractivity contribution in [3.8, 4) is 0 Å². The van der Waals surface area contributed by atoms with Crippen LogP contribution in [0, 0.1) is 49.7 Å². The van der Waals surface area contributed by atoms with Gasteiger partial charge in [0, 0.05) is 27.3 Å². The fourth-order valence-corrected chi connectivity index (χ4v) is 98.9. The number of aliphatic hydroxyl groups excluding tert-OH is 6. The summed E-state index contributed by atoms with van der Waals surface area (Å²) in [4.78, 5) is 0. The highest BCUT2D eigenvalue weighted by Crippen LogP contribution is 2.49. The van der Waals surface area contributed by atoms with Crippen LogP contribution < -0.4 is 0 Å². The Balaban J connectivity index is -0.00000179. The molecule has 0 saturated heterocycles. The molecule has 0 aliphatic rings. The SMILES string of the molecule is CC(C)(CCC(CO)(CO)CCC(C)(C)C[Si](C)(O[Si](C)(C)C)O[Si](C)(C)C)C[Si](C)(O[Si](C)(C)C)O[Si](C)(C)C.CC(C)(CCCC(CO)(CO)CCCC(C)(C)C[Si](C)(O[Si](C)(C)C)O[Si](C)(C)C)C[Si](C)(O[Si](C)(C)C)O[Si](C)(C)C.CC(CCC(CO)(CO)CCC(C)C(C)[Si](C)(O[Si](C)(C)C)O[Si](C)(C)C)C(C)[Si](C)(O[Si](C)(C)C)O[Si](C)(C)C. The van der Waals surface area contributed by atoms with Crippen molar-refractivity contribution in [1.82, 2.24) is 0 Å². The van der Waals surface area contributed by atoms with E-state index in [0.717, 1.165) is 114 Å². The molecule has 18 nitrogen and oxygen atoms in total. The zero-order valence-corrected chi connectivity index (χ0v) is 111. The van der Waals surface area contributed by atoms with Crippen molar-refractivity contribution in [3.05, 3.63) is 0 Å². The van der Waals surface area contributed by atoms with E-state index in [2.05, 4.69) is 358 Å². The molecule has 0 aromatic heterocycles. The van der Waals surface area contributed by atoms with Crippen LogP contribution in [0.4, 0.5) is 0 Å².